The fourth-order valence-electron chi connectivity index (χ4n) is 1.84. The molecule has 1 saturated heterocycles. The number of carbonyl (C=O) groups is 1. The number of hydrogen-bond donors (Lipinski definition) is 1. The highest BCUT2D eigenvalue weighted by molar-refractivity contribution is 5.91. The Labute approximate surface area is 94.6 Å². The molecule has 1 heterocycles. The van der Waals surface area contributed by atoms with Crippen molar-refractivity contribution in [2.24, 2.45) is 0 Å². The molecule has 1 unspecified atom stereocenters. The summed E-state index contributed by atoms with van der Waals surface area (Å²) in [5.74, 6) is -0.315. The molecule has 0 amide bonds. The van der Waals surface area contributed by atoms with Gasteiger partial charge >= 0.3 is 5.97 Å². The summed E-state index contributed by atoms with van der Waals surface area (Å²) in [6.07, 6.45) is -0.0657. The molecule has 0 bridgehead atoms. The zero-order valence-corrected chi connectivity index (χ0v) is 9.23. The van der Waals surface area contributed by atoms with Gasteiger partial charge in [0.25, 0.3) is 0 Å². The maximum Gasteiger partial charge on any atom is 0.338 e. The second-order valence-electron chi connectivity index (χ2n) is 3.64. The molecule has 0 aliphatic carbocycles. The number of esters is 1. The van der Waals surface area contributed by atoms with E-state index in [1.165, 1.54) is 7.11 Å². The number of benzene rings is 1. The Balaban J connectivity index is 2.28. The lowest BCUT2D eigenvalue weighted by molar-refractivity contribution is 0.0259. The molecule has 1 aromatic carbocycles. The first kappa shape index (κ1) is 11.1. The van der Waals surface area contributed by atoms with Crippen LogP contribution >= 0.6 is 0 Å². The molecule has 16 heavy (non-hydrogen) atoms. The van der Waals surface area contributed by atoms with E-state index in [0.29, 0.717) is 12.2 Å². The van der Waals surface area contributed by atoms with E-state index in [1.54, 1.807) is 6.07 Å². The second-order valence-corrected chi connectivity index (χ2v) is 3.64. The van der Waals surface area contributed by atoms with Gasteiger partial charge in [0, 0.05) is 13.1 Å². The number of methoxy groups -OCH3 is 1. The van der Waals surface area contributed by atoms with Gasteiger partial charge in [0.05, 0.1) is 25.4 Å². The molecule has 4 heteroatoms. The number of rotatable bonds is 2. The lowest BCUT2D eigenvalue weighted by Gasteiger charge is -2.25. The van der Waals surface area contributed by atoms with Crippen LogP contribution in [0, 0.1) is 0 Å². The van der Waals surface area contributed by atoms with Crippen LogP contribution in [-0.4, -0.2) is 32.8 Å². The van der Waals surface area contributed by atoms with Gasteiger partial charge in [-0.25, -0.2) is 4.79 Å². The first-order valence-electron chi connectivity index (χ1n) is 5.32. The van der Waals surface area contributed by atoms with E-state index in [4.69, 9.17) is 9.47 Å². The average Bonchev–Trinajstić information content (AvgIpc) is 2.39. The maximum atomic E-state index is 11.6. The fraction of sp³-hybridized carbons (Fsp3) is 0.417. The molecular weight excluding hydrogens is 206 g/mol. The molecular formula is C12H15NO3. The monoisotopic (exact) mass is 221 g/mol. The molecule has 1 N–H and O–H groups in total. The van der Waals surface area contributed by atoms with Crippen molar-refractivity contribution in [2.45, 2.75) is 6.10 Å². The molecule has 2 rings (SSSR count). The Bertz CT molecular complexity index is 372. The van der Waals surface area contributed by atoms with Crippen molar-refractivity contribution in [1.82, 2.24) is 5.32 Å². The van der Waals surface area contributed by atoms with Gasteiger partial charge in [-0.3, -0.25) is 0 Å². The SMILES string of the molecule is COC(=O)c1ccccc1C1CNCCO1. The third kappa shape index (κ3) is 2.23. The molecule has 0 radical (unpaired) electrons. The maximum absolute atomic E-state index is 11.6. The minimum atomic E-state index is -0.315. The van der Waals surface area contributed by atoms with Gasteiger partial charge in [0.15, 0.2) is 0 Å². The van der Waals surface area contributed by atoms with E-state index < -0.39 is 0 Å². The third-order valence-electron chi connectivity index (χ3n) is 2.64. The highest BCUT2D eigenvalue weighted by atomic mass is 16.5. The van der Waals surface area contributed by atoms with Crippen molar-refractivity contribution in [3.63, 3.8) is 0 Å². The Kier molecular flexibility index (Phi) is 3.54. The third-order valence-corrected chi connectivity index (χ3v) is 2.64. The molecule has 1 aliphatic rings. The summed E-state index contributed by atoms with van der Waals surface area (Å²) in [5.41, 5.74) is 1.47. The molecule has 0 spiro atoms. The number of carbonyl (C=O) groups excluding carboxylic acids is 1. The largest absolute Gasteiger partial charge is 0.465 e. The van der Waals surface area contributed by atoms with Crippen molar-refractivity contribution < 1.29 is 14.3 Å². The first-order chi connectivity index (χ1) is 7.83. The van der Waals surface area contributed by atoms with Crippen LogP contribution < -0.4 is 5.32 Å². The van der Waals surface area contributed by atoms with Crippen LogP contribution in [0.25, 0.3) is 0 Å². The van der Waals surface area contributed by atoms with Gasteiger partial charge in [-0.1, -0.05) is 18.2 Å². The first-order valence-corrected chi connectivity index (χ1v) is 5.32. The van der Waals surface area contributed by atoms with Crippen LogP contribution in [0.15, 0.2) is 24.3 Å². The smallest absolute Gasteiger partial charge is 0.338 e. The molecule has 86 valence electrons. The second kappa shape index (κ2) is 5.09. The van der Waals surface area contributed by atoms with Gasteiger partial charge in [-0.2, -0.15) is 0 Å². The average molecular weight is 221 g/mol. The summed E-state index contributed by atoms with van der Waals surface area (Å²) in [4.78, 5) is 11.6. The zero-order chi connectivity index (χ0) is 11.4. The fourth-order valence-corrected chi connectivity index (χ4v) is 1.84. The number of hydrogen-bond acceptors (Lipinski definition) is 4. The van der Waals surface area contributed by atoms with Crippen LogP contribution in [-0.2, 0) is 9.47 Å². The van der Waals surface area contributed by atoms with E-state index in [0.717, 1.165) is 18.7 Å². The summed E-state index contributed by atoms with van der Waals surface area (Å²) in [6, 6.07) is 7.40. The summed E-state index contributed by atoms with van der Waals surface area (Å²) in [7, 11) is 1.39. The van der Waals surface area contributed by atoms with E-state index in [2.05, 4.69) is 5.32 Å². The highest BCUT2D eigenvalue weighted by Gasteiger charge is 2.21. The summed E-state index contributed by atoms with van der Waals surface area (Å²) < 4.78 is 10.4. The summed E-state index contributed by atoms with van der Waals surface area (Å²) >= 11 is 0. The van der Waals surface area contributed by atoms with E-state index in [1.807, 2.05) is 18.2 Å². The molecule has 4 nitrogen and oxygen atoms in total. The van der Waals surface area contributed by atoms with Gasteiger partial charge in [0.2, 0.25) is 0 Å². The van der Waals surface area contributed by atoms with E-state index in [9.17, 15) is 4.79 Å². The van der Waals surface area contributed by atoms with Crippen molar-refractivity contribution in [1.29, 1.82) is 0 Å². The summed E-state index contributed by atoms with van der Waals surface area (Å²) in [5, 5.41) is 3.24. The minimum absolute atomic E-state index is 0.0657. The highest BCUT2D eigenvalue weighted by Crippen LogP contribution is 2.23. The van der Waals surface area contributed by atoms with Gasteiger partial charge < -0.3 is 14.8 Å². The van der Waals surface area contributed by atoms with Crippen molar-refractivity contribution in [3.05, 3.63) is 35.4 Å². The van der Waals surface area contributed by atoms with E-state index >= 15 is 0 Å². The van der Waals surface area contributed by atoms with Crippen LogP contribution in [0.2, 0.25) is 0 Å². The van der Waals surface area contributed by atoms with Gasteiger partial charge in [0.1, 0.15) is 0 Å². The van der Waals surface area contributed by atoms with Crippen molar-refractivity contribution in [2.75, 3.05) is 26.8 Å². The summed E-state index contributed by atoms with van der Waals surface area (Å²) in [6.45, 7) is 2.26. The van der Waals surface area contributed by atoms with Gasteiger partial charge in [-0.05, 0) is 11.6 Å². The number of morpholine rings is 1. The minimum Gasteiger partial charge on any atom is -0.465 e. The Morgan fingerprint density at radius 2 is 2.31 bits per heavy atom. The predicted molar refractivity (Wildman–Crippen MR) is 59.3 cm³/mol. The molecule has 1 fully saturated rings. The lowest BCUT2D eigenvalue weighted by atomic mass is 10.0. The quantitative estimate of drug-likeness (QED) is 0.761. The normalized spacial score (nSPS) is 20.4. The molecule has 1 aliphatic heterocycles. The Hall–Kier alpha value is -1.39. The number of nitrogens with one attached hydrogen (secondary N) is 1. The Morgan fingerprint density at radius 3 is 3.00 bits per heavy atom. The van der Waals surface area contributed by atoms with Gasteiger partial charge in [-0.15, -0.1) is 0 Å². The van der Waals surface area contributed by atoms with Crippen molar-refractivity contribution >= 4 is 5.97 Å². The van der Waals surface area contributed by atoms with E-state index in [-0.39, 0.29) is 12.1 Å². The van der Waals surface area contributed by atoms with Crippen LogP contribution in [0.5, 0.6) is 0 Å². The van der Waals surface area contributed by atoms with Crippen LogP contribution in [0.3, 0.4) is 0 Å². The Morgan fingerprint density at radius 1 is 1.50 bits per heavy atom. The molecule has 0 aromatic heterocycles. The van der Waals surface area contributed by atoms with Crippen molar-refractivity contribution in [3.8, 4) is 0 Å². The topological polar surface area (TPSA) is 47.6 Å². The molecule has 1 atom stereocenters. The van der Waals surface area contributed by atoms with Crippen LogP contribution in [0.4, 0.5) is 0 Å². The number of ether oxygens (including phenoxy) is 2. The standard InChI is InChI=1S/C12H15NO3/c1-15-12(14)10-5-3-2-4-9(10)11-8-13-6-7-16-11/h2-5,11,13H,6-8H2,1H3. The molecule has 0 saturated carbocycles. The lowest BCUT2D eigenvalue weighted by Crippen LogP contribution is -2.34. The molecule has 1 aromatic rings. The zero-order valence-electron chi connectivity index (χ0n) is 9.23. The predicted octanol–water partition coefficient (Wildman–Crippen LogP) is 1.13. The van der Waals surface area contributed by atoms with Crippen LogP contribution in [0.1, 0.15) is 22.0 Å².